The molecular weight excluding hydrogens is 376 g/mol. The van der Waals surface area contributed by atoms with Crippen LogP contribution in [-0.4, -0.2) is 39.7 Å². The van der Waals surface area contributed by atoms with E-state index in [2.05, 4.69) is 9.89 Å². The summed E-state index contributed by atoms with van der Waals surface area (Å²) in [6.45, 7) is 2.28. The molecule has 6 saturated carbocycles. The molecule has 0 N–H and O–H groups in total. The molecule has 4 heteroatoms. The number of likely N-dealkylation sites (tertiary alicyclic amines) is 1. The van der Waals surface area contributed by atoms with Crippen molar-refractivity contribution in [3.8, 4) is 0 Å². The third-order valence-corrected chi connectivity index (χ3v) is 11.9. The van der Waals surface area contributed by atoms with Gasteiger partial charge in [0.25, 0.3) is 5.91 Å². The van der Waals surface area contributed by atoms with Gasteiger partial charge in [0.05, 0.1) is 5.04 Å². The van der Waals surface area contributed by atoms with Crippen molar-refractivity contribution in [3.05, 3.63) is 0 Å². The largest absolute Gasteiger partial charge is 0.300 e. The Hall–Kier alpha value is -0.350. The number of rotatable bonds is 3. The average Bonchev–Trinajstić information content (AvgIpc) is 3.38. The van der Waals surface area contributed by atoms with Crippen molar-refractivity contribution in [2.75, 3.05) is 13.1 Å². The second kappa shape index (κ2) is 6.58. The van der Waals surface area contributed by atoms with Crippen molar-refractivity contribution in [1.82, 2.24) is 4.90 Å². The summed E-state index contributed by atoms with van der Waals surface area (Å²) in [5.74, 6) is 7.03. The maximum atomic E-state index is 13.0. The second-order valence-corrected chi connectivity index (χ2v) is 13.5. The molecule has 0 aromatic rings. The average molecular weight is 413 g/mol. The highest BCUT2D eigenvalue weighted by molar-refractivity contribution is 8.16. The molecule has 1 saturated heterocycles. The van der Waals surface area contributed by atoms with Crippen molar-refractivity contribution < 1.29 is 4.79 Å². The number of carbonyl (C=O) groups is 1. The van der Waals surface area contributed by atoms with Gasteiger partial charge in [0.2, 0.25) is 0 Å². The summed E-state index contributed by atoms with van der Waals surface area (Å²) in [5, 5.41) is 1.20. The predicted molar refractivity (Wildman–Crippen MR) is 118 cm³/mol. The van der Waals surface area contributed by atoms with Crippen molar-refractivity contribution in [1.29, 1.82) is 0 Å². The Morgan fingerprint density at radius 1 is 0.862 bits per heavy atom. The van der Waals surface area contributed by atoms with E-state index in [0.717, 1.165) is 79.8 Å². The molecule has 3 unspecified atom stereocenters. The fraction of sp³-hybridized carbons (Fsp3) is 0.920. The molecule has 7 fully saturated rings. The number of hydrogen-bond donors (Lipinski definition) is 0. The van der Waals surface area contributed by atoms with Crippen LogP contribution in [0.2, 0.25) is 0 Å². The Balaban J connectivity index is 1.000. The van der Waals surface area contributed by atoms with Gasteiger partial charge in [-0.1, -0.05) is 18.2 Å². The van der Waals surface area contributed by atoms with E-state index in [1.807, 2.05) is 11.8 Å². The van der Waals surface area contributed by atoms with E-state index in [0.29, 0.717) is 0 Å². The fourth-order valence-electron chi connectivity index (χ4n) is 9.44. The first-order chi connectivity index (χ1) is 14.1. The molecule has 3 atom stereocenters. The van der Waals surface area contributed by atoms with Crippen molar-refractivity contribution in [3.63, 3.8) is 0 Å². The van der Waals surface area contributed by atoms with Crippen LogP contribution in [-0.2, 0) is 4.79 Å². The lowest BCUT2D eigenvalue weighted by Gasteiger charge is -2.58. The summed E-state index contributed by atoms with van der Waals surface area (Å²) in [6, 6.07) is 0.844. The zero-order valence-electron chi connectivity index (χ0n) is 17.7. The lowest BCUT2D eigenvalue weighted by Crippen LogP contribution is -2.59. The molecule has 2 heterocycles. The summed E-state index contributed by atoms with van der Waals surface area (Å²) in [5.41, 5.74) is 0. The molecule has 0 aromatic heterocycles. The summed E-state index contributed by atoms with van der Waals surface area (Å²) in [7, 11) is 0. The molecule has 2 aliphatic heterocycles. The summed E-state index contributed by atoms with van der Waals surface area (Å²) in [4.78, 5) is 20.5. The maximum absolute atomic E-state index is 13.0. The number of hydrogen-bond acceptors (Lipinski definition) is 3. The van der Waals surface area contributed by atoms with Gasteiger partial charge in [-0.3, -0.25) is 9.69 Å². The minimum absolute atomic E-state index is 0.185. The number of carbonyl (C=O) groups excluding carboxylic acids is 1. The quantitative estimate of drug-likeness (QED) is 0.643. The molecule has 158 valence electrons. The number of nitrogens with zero attached hydrogens (tertiary/aromatic N) is 2. The highest BCUT2D eigenvalue weighted by Gasteiger charge is 2.53. The number of amides is 1. The Kier molecular flexibility index (Phi) is 4.14. The van der Waals surface area contributed by atoms with Crippen LogP contribution >= 0.6 is 11.8 Å². The zero-order chi connectivity index (χ0) is 19.2. The molecule has 6 bridgehead atoms. The SMILES string of the molecule is O=C1N=C(CC2CC3CCC2C3)SC12CCN(C1C3CC4CC(C3)CC1C4)CC2. The van der Waals surface area contributed by atoms with Crippen LogP contribution in [0.15, 0.2) is 4.99 Å². The van der Waals surface area contributed by atoms with E-state index < -0.39 is 0 Å². The van der Waals surface area contributed by atoms with Gasteiger partial charge in [-0.05, 0) is 112 Å². The molecule has 3 nitrogen and oxygen atoms in total. The van der Waals surface area contributed by atoms with Gasteiger partial charge >= 0.3 is 0 Å². The molecule has 0 aromatic carbocycles. The Bertz CT molecular complexity index is 711. The molecule has 8 rings (SSSR count). The second-order valence-electron chi connectivity index (χ2n) is 12.0. The standard InChI is InChI=1S/C25H36N2OS/c28-24-25(29-22(26-24)14-19-9-15-1-2-18(19)8-15)3-5-27(6-4-25)23-20-10-16-7-17(12-20)13-21(23)11-16/h15-21,23H,1-14H2. The van der Waals surface area contributed by atoms with Crippen molar-refractivity contribution in [2.45, 2.75) is 87.8 Å². The number of thioether (sulfide) groups is 1. The highest BCUT2D eigenvalue weighted by atomic mass is 32.2. The topological polar surface area (TPSA) is 32.7 Å². The first-order valence-corrected chi connectivity index (χ1v) is 13.5. The monoisotopic (exact) mass is 412 g/mol. The zero-order valence-corrected chi connectivity index (χ0v) is 18.5. The maximum Gasteiger partial charge on any atom is 0.263 e. The van der Waals surface area contributed by atoms with Crippen LogP contribution in [0.1, 0.15) is 77.0 Å². The molecule has 6 aliphatic carbocycles. The molecular formula is C25H36N2OS. The van der Waals surface area contributed by atoms with E-state index in [1.54, 1.807) is 0 Å². The summed E-state index contributed by atoms with van der Waals surface area (Å²) >= 11 is 1.91. The minimum Gasteiger partial charge on any atom is -0.300 e. The van der Waals surface area contributed by atoms with Gasteiger partial charge in [-0.25, -0.2) is 4.99 Å². The van der Waals surface area contributed by atoms with Crippen LogP contribution < -0.4 is 0 Å². The fourth-order valence-corrected chi connectivity index (χ4v) is 10.8. The van der Waals surface area contributed by atoms with Crippen LogP contribution in [0.3, 0.4) is 0 Å². The van der Waals surface area contributed by atoms with Gasteiger partial charge in [0.15, 0.2) is 0 Å². The first-order valence-electron chi connectivity index (χ1n) is 12.7. The Morgan fingerprint density at radius 2 is 1.55 bits per heavy atom. The van der Waals surface area contributed by atoms with E-state index in [4.69, 9.17) is 0 Å². The van der Waals surface area contributed by atoms with Crippen molar-refractivity contribution >= 4 is 22.7 Å². The highest BCUT2D eigenvalue weighted by Crippen LogP contribution is 2.56. The van der Waals surface area contributed by atoms with Crippen LogP contribution in [0.25, 0.3) is 0 Å². The lowest BCUT2D eigenvalue weighted by molar-refractivity contribution is -0.122. The van der Waals surface area contributed by atoms with Gasteiger partial charge < -0.3 is 0 Å². The molecule has 0 radical (unpaired) electrons. The van der Waals surface area contributed by atoms with Crippen molar-refractivity contribution in [2.24, 2.45) is 46.4 Å². The van der Waals surface area contributed by atoms with Gasteiger partial charge in [0.1, 0.15) is 4.75 Å². The third-order valence-electron chi connectivity index (χ3n) is 10.5. The van der Waals surface area contributed by atoms with Crippen LogP contribution in [0.4, 0.5) is 0 Å². The smallest absolute Gasteiger partial charge is 0.263 e. The number of fused-ring (bicyclic) bond motifs is 2. The molecule has 1 amide bonds. The number of aliphatic imine (C=N–C) groups is 1. The number of piperidine rings is 1. The summed E-state index contributed by atoms with van der Waals surface area (Å²) in [6.07, 6.45) is 16.5. The molecule has 29 heavy (non-hydrogen) atoms. The van der Waals surface area contributed by atoms with Gasteiger partial charge in [-0.15, -0.1) is 0 Å². The lowest BCUT2D eigenvalue weighted by atomic mass is 9.53. The molecule has 8 aliphatic rings. The van der Waals surface area contributed by atoms with Gasteiger partial charge in [0, 0.05) is 19.1 Å². The van der Waals surface area contributed by atoms with E-state index in [9.17, 15) is 4.79 Å². The van der Waals surface area contributed by atoms with E-state index in [1.165, 1.54) is 62.8 Å². The van der Waals surface area contributed by atoms with Crippen LogP contribution in [0.5, 0.6) is 0 Å². The third kappa shape index (κ3) is 2.87. The Labute approximate surface area is 179 Å². The normalized spacial score (nSPS) is 50.1. The van der Waals surface area contributed by atoms with E-state index >= 15 is 0 Å². The van der Waals surface area contributed by atoms with Gasteiger partial charge in [-0.2, -0.15) is 0 Å². The van der Waals surface area contributed by atoms with Crippen LogP contribution in [0, 0.1) is 41.4 Å². The predicted octanol–water partition coefficient (Wildman–Crippen LogP) is 5.14. The minimum atomic E-state index is -0.185. The summed E-state index contributed by atoms with van der Waals surface area (Å²) < 4.78 is -0.185. The first kappa shape index (κ1) is 18.2. The Morgan fingerprint density at radius 3 is 2.17 bits per heavy atom. The molecule has 1 spiro atoms. The van der Waals surface area contributed by atoms with E-state index in [-0.39, 0.29) is 10.7 Å².